The van der Waals surface area contributed by atoms with Crippen LogP contribution in [-0.2, 0) is 0 Å². The standard InChI is InChI=1S/CH6BOP/c1-4(2)3/h3H,2H2,1H3. The Labute approximate surface area is 28.2 Å². The maximum absolute atomic E-state index is 8.12. The second kappa shape index (κ2) is 1.74. The molecule has 0 fully saturated rings. The average Bonchev–Trinajstić information content (AvgIpc) is 0.811. The topological polar surface area (TPSA) is 20.2 Å². The molecular formula is CH6BOP. The van der Waals surface area contributed by atoms with Crippen LogP contribution in [0, 0.1) is 0 Å². The van der Waals surface area contributed by atoms with Gasteiger partial charge in [0.15, 0.2) is 7.57 Å². The summed E-state index contributed by atoms with van der Waals surface area (Å²) in [6.07, 6.45) is 0. The Kier molecular flexibility index (Phi) is 1.94. The van der Waals surface area contributed by atoms with Gasteiger partial charge >= 0.3 is 0 Å². The Balaban J connectivity index is 2.32. The Morgan fingerprint density at radius 3 is 2.00 bits per heavy atom. The molecule has 1 nitrogen and oxygen atoms in total. The minimum atomic E-state index is -0.620. The maximum Gasteiger partial charge on any atom is 0.168 e. The highest BCUT2D eigenvalue weighted by atomic mass is 31.1. The van der Waals surface area contributed by atoms with E-state index in [0.717, 1.165) is 0 Å². The van der Waals surface area contributed by atoms with Crippen molar-refractivity contribution in [1.82, 2.24) is 0 Å². The first kappa shape index (κ1) is 4.45. The highest BCUT2D eigenvalue weighted by molar-refractivity contribution is 7.76. The van der Waals surface area contributed by atoms with E-state index >= 15 is 0 Å². The zero-order chi connectivity index (χ0) is 3.58. The van der Waals surface area contributed by atoms with Gasteiger partial charge in [-0.3, -0.25) is 0 Å². The third-order valence-electron chi connectivity index (χ3n) is 0. The molecule has 0 bridgehead atoms. The summed E-state index contributed by atoms with van der Waals surface area (Å²) in [5.41, 5.74) is 0. The molecule has 0 rings (SSSR count). The van der Waals surface area contributed by atoms with Gasteiger partial charge in [-0.2, -0.15) is 0 Å². The molecular weight excluding hydrogens is 69.8 g/mol. The predicted octanol–water partition coefficient (Wildman–Crippen LogP) is -0.447. The van der Waals surface area contributed by atoms with Gasteiger partial charge in [0.2, 0.25) is 0 Å². The van der Waals surface area contributed by atoms with E-state index in [-0.39, 0.29) is 0 Å². The highest BCUT2D eigenvalue weighted by Gasteiger charge is 1.69. The number of hydrogen-bond acceptors (Lipinski definition) is 1. The molecule has 0 spiro atoms. The van der Waals surface area contributed by atoms with Gasteiger partial charge in [-0.15, -0.1) is 0 Å². The van der Waals surface area contributed by atoms with Crippen molar-refractivity contribution in [2.45, 2.75) is 0 Å². The second-order valence-electron chi connectivity index (χ2n) is 0.847. The van der Waals surface area contributed by atoms with Gasteiger partial charge in [0.1, 0.15) is 0 Å². The van der Waals surface area contributed by atoms with E-state index < -0.39 is 8.03 Å². The van der Waals surface area contributed by atoms with E-state index in [0.29, 0.717) is 0 Å². The van der Waals surface area contributed by atoms with Gasteiger partial charge in [-0.1, -0.05) is 0 Å². The molecule has 0 heterocycles. The van der Waals surface area contributed by atoms with E-state index in [1.807, 2.05) is 0 Å². The SMILES string of the molecule is BP(C)O. The lowest BCUT2D eigenvalue weighted by molar-refractivity contribution is 0.646. The van der Waals surface area contributed by atoms with Gasteiger partial charge in [-0.25, -0.2) is 0 Å². The summed E-state index contributed by atoms with van der Waals surface area (Å²) >= 11 is 0. The molecule has 0 aliphatic carbocycles. The van der Waals surface area contributed by atoms with Crippen molar-refractivity contribution in [3.05, 3.63) is 0 Å². The minimum absolute atomic E-state index is 0.620. The predicted molar refractivity (Wildman–Crippen MR) is 23.6 cm³/mol. The molecule has 0 amide bonds. The molecule has 1 atom stereocenters. The van der Waals surface area contributed by atoms with Crippen molar-refractivity contribution in [3.8, 4) is 0 Å². The summed E-state index contributed by atoms with van der Waals surface area (Å²) in [7, 11) is 1.17. The zero-order valence-corrected chi connectivity index (χ0v) is 3.79. The second-order valence-corrected chi connectivity index (χ2v) is 2.54. The fourth-order valence-corrected chi connectivity index (χ4v) is 0. The van der Waals surface area contributed by atoms with Crippen molar-refractivity contribution in [3.63, 3.8) is 0 Å². The van der Waals surface area contributed by atoms with Crippen molar-refractivity contribution in [1.29, 1.82) is 0 Å². The first-order chi connectivity index (χ1) is 1.73. The van der Waals surface area contributed by atoms with Crippen LogP contribution in [0.25, 0.3) is 0 Å². The summed E-state index contributed by atoms with van der Waals surface area (Å²) in [4.78, 5) is 8.12. The lowest BCUT2D eigenvalue weighted by Gasteiger charge is -1.80. The van der Waals surface area contributed by atoms with Crippen LogP contribution in [0.15, 0.2) is 0 Å². The minimum Gasteiger partial charge on any atom is -0.385 e. The van der Waals surface area contributed by atoms with Gasteiger partial charge in [0.05, 0.1) is 0 Å². The summed E-state index contributed by atoms with van der Waals surface area (Å²) in [5.74, 6) is 0. The first-order valence-electron chi connectivity index (χ1n) is 1.09. The Bertz CT molecular complexity index is 12.8. The molecule has 0 aliphatic rings. The molecule has 0 aromatic rings. The molecule has 0 saturated heterocycles. The summed E-state index contributed by atoms with van der Waals surface area (Å²) in [5, 5.41) is 0. The van der Waals surface area contributed by atoms with E-state index in [4.69, 9.17) is 4.89 Å². The summed E-state index contributed by atoms with van der Waals surface area (Å²) in [6.45, 7) is 1.79. The van der Waals surface area contributed by atoms with E-state index in [2.05, 4.69) is 0 Å². The summed E-state index contributed by atoms with van der Waals surface area (Å²) in [6, 6.07) is 0. The number of rotatable bonds is 0. The lowest BCUT2D eigenvalue weighted by Crippen LogP contribution is -1.54. The largest absolute Gasteiger partial charge is 0.385 e. The quantitative estimate of drug-likeness (QED) is 0.306. The van der Waals surface area contributed by atoms with Crippen LogP contribution in [0.1, 0.15) is 0 Å². The molecule has 1 unspecified atom stereocenters. The Hall–Kier alpha value is 0.455. The highest BCUT2D eigenvalue weighted by Crippen LogP contribution is 2.11. The molecule has 1 N–H and O–H groups in total. The van der Waals surface area contributed by atoms with Crippen LogP contribution in [0.5, 0.6) is 0 Å². The fourth-order valence-electron chi connectivity index (χ4n) is 0. The normalized spacial score (nSPS) is 15.5. The zero-order valence-electron chi connectivity index (χ0n) is 2.89. The monoisotopic (exact) mass is 76.0 g/mol. The van der Waals surface area contributed by atoms with Gasteiger partial charge < -0.3 is 4.89 Å². The molecule has 0 aromatic heterocycles. The van der Waals surface area contributed by atoms with Crippen LogP contribution in [0.2, 0.25) is 0 Å². The molecule has 0 saturated carbocycles. The summed E-state index contributed by atoms with van der Waals surface area (Å²) < 4.78 is 0. The molecule has 3 heteroatoms. The van der Waals surface area contributed by atoms with Crippen LogP contribution in [-0.4, -0.2) is 19.1 Å². The van der Waals surface area contributed by atoms with E-state index in [1.165, 1.54) is 0 Å². The van der Waals surface area contributed by atoms with E-state index in [1.54, 1.807) is 14.2 Å². The molecule has 0 radical (unpaired) electrons. The third-order valence-corrected chi connectivity index (χ3v) is 0. The van der Waals surface area contributed by atoms with Crippen LogP contribution in [0.4, 0.5) is 0 Å². The maximum atomic E-state index is 8.12. The van der Waals surface area contributed by atoms with Crippen molar-refractivity contribution < 1.29 is 4.89 Å². The van der Waals surface area contributed by atoms with E-state index in [9.17, 15) is 0 Å². The fraction of sp³-hybridized carbons (Fsp3) is 1.00. The third kappa shape index (κ3) is 25.1. The molecule has 24 valence electrons. The van der Waals surface area contributed by atoms with Crippen LogP contribution >= 0.6 is 8.03 Å². The number of hydrogen-bond donors (Lipinski definition) is 1. The van der Waals surface area contributed by atoms with Gasteiger partial charge in [-0.05, 0) is 14.7 Å². The molecule has 4 heavy (non-hydrogen) atoms. The first-order valence-corrected chi connectivity index (χ1v) is 3.28. The average molecular weight is 75.8 g/mol. The van der Waals surface area contributed by atoms with Crippen molar-refractivity contribution in [2.75, 3.05) is 6.66 Å². The Morgan fingerprint density at radius 2 is 2.00 bits per heavy atom. The van der Waals surface area contributed by atoms with Crippen molar-refractivity contribution in [2.24, 2.45) is 0 Å². The van der Waals surface area contributed by atoms with Crippen molar-refractivity contribution >= 4 is 15.6 Å². The van der Waals surface area contributed by atoms with Gasteiger partial charge in [0.25, 0.3) is 0 Å². The van der Waals surface area contributed by atoms with Gasteiger partial charge in [0, 0.05) is 0 Å². The molecule has 0 aromatic carbocycles. The molecule has 0 aliphatic heterocycles. The Morgan fingerprint density at radius 1 is 2.00 bits per heavy atom. The van der Waals surface area contributed by atoms with Crippen LogP contribution < -0.4 is 0 Å². The lowest BCUT2D eigenvalue weighted by atomic mass is 10.8. The van der Waals surface area contributed by atoms with Crippen LogP contribution in [0.3, 0.4) is 0 Å². The smallest absolute Gasteiger partial charge is 0.168 e.